The Balaban J connectivity index is 2.13. The number of rotatable bonds is 4. The Labute approximate surface area is 125 Å². The molecule has 0 radical (unpaired) electrons. The fourth-order valence-electron chi connectivity index (χ4n) is 1.61. The molecule has 0 fully saturated rings. The lowest BCUT2D eigenvalue weighted by molar-refractivity contribution is -0.384. The Bertz CT molecular complexity index is 662. The van der Waals surface area contributed by atoms with Gasteiger partial charge in [-0.05, 0) is 30.7 Å². The molecule has 0 N–H and O–H groups in total. The molecular weight excluding hydrogens is 303 g/mol. The Morgan fingerprint density at radius 3 is 2.65 bits per heavy atom. The van der Waals surface area contributed by atoms with Gasteiger partial charge in [0.1, 0.15) is 22.7 Å². The summed E-state index contributed by atoms with van der Waals surface area (Å²) < 4.78 is 5.59. The minimum Gasteiger partial charge on any atom is -0.489 e. The van der Waals surface area contributed by atoms with E-state index in [0.717, 1.165) is 0 Å². The number of ether oxygens (including phenoxy) is 1. The lowest BCUT2D eigenvalue weighted by atomic mass is 10.2. The molecule has 1 heterocycles. The van der Waals surface area contributed by atoms with Crippen molar-refractivity contribution in [2.45, 2.75) is 13.5 Å². The molecule has 0 aliphatic heterocycles. The highest BCUT2D eigenvalue weighted by atomic mass is 35.5. The molecule has 2 rings (SSSR count). The highest BCUT2D eigenvalue weighted by molar-refractivity contribution is 6.32. The summed E-state index contributed by atoms with van der Waals surface area (Å²) in [6.07, 6.45) is 0. The molecule has 0 aliphatic carbocycles. The summed E-state index contributed by atoms with van der Waals surface area (Å²) >= 11 is 11.6. The Morgan fingerprint density at radius 2 is 2.05 bits per heavy atom. The van der Waals surface area contributed by atoms with Gasteiger partial charge < -0.3 is 4.74 Å². The smallest absolute Gasteiger partial charge is 0.269 e. The van der Waals surface area contributed by atoms with Gasteiger partial charge in [-0.15, -0.1) is 0 Å². The summed E-state index contributed by atoms with van der Waals surface area (Å²) in [5, 5.41) is 11.2. The highest BCUT2D eigenvalue weighted by Crippen LogP contribution is 2.25. The number of hydrogen-bond donors (Lipinski definition) is 0. The van der Waals surface area contributed by atoms with Crippen molar-refractivity contribution in [2.24, 2.45) is 0 Å². The average molecular weight is 313 g/mol. The zero-order chi connectivity index (χ0) is 14.7. The summed E-state index contributed by atoms with van der Waals surface area (Å²) in [4.78, 5) is 14.1. The molecule has 0 bridgehead atoms. The molecule has 20 heavy (non-hydrogen) atoms. The van der Waals surface area contributed by atoms with Gasteiger partial charge in [-0.3, -0.25) is 10.1 Å². The van der Waals surface area contributed by atoms with E-state index in [1.54, 1.807) is 25.1 Å². The van der Waals surface area contributed by atoms with Crippen molar-refractivity contribution in [3.63, 3.8) is 0 Å². The molecule has 1 aromatic heterocycles. The zero-order valence-electron chi connectivity index (χ0n) is 10.5. The fraction of sp³-hybridized carbons (Fsp3) is 0.154. The van der Waals surface area contributed by atoms with E-state index >= 15 is 0 Å². The van der Waals surface area contributed by atoms with Gasteiger partial charge >= 0.3 is 0 Å². The maximum Gasteiger partial charge on any atom is 0.269 e. The monoisotopic (exact) mass is 312 g/mol. The van der Waals surface area contributed by atoms with Gasteiger partial charge in [-0.2, -0.15) is 0 Å². The van der Waals surface area contributed by atoms with Gasteiger partial charge in [-0.25, -0.2) is 4.98 Å². The van der Waals surface area contributed by atoms with E-state index in [1.807, 2.05) is 0 Å². The van der Waals surface area contributed by atoms with Crippen LogP contribution in [0.15, 0.2) is 30.3 Å². The lowest BCUT2D eigenvalue weighted by Crippen LogP contribution is -1.99. The van der Waals surface area contributed by atoms with Crippen molar-refractivity contribution in [3.05, 3.63) is 61.9 Å². The quantitative estimate of drug-likeness (QED) is 0.482. The van der Waals surface area contributed by atoms with E-state index in [1.165, 1.54) is 12.1 Å². The number of aryl methyl sites for hydroxylation is 1. The molecule has 7 heteroatoms. The third-order valence-electron chi connectivity index (χ3n) is 2.64. The van der Waals surface area contributed by atoms with Crippen LogP contribution in [-0.4, -0.2) is 9.91 Å². The maximum absolute atomic E-state index is 10.6. The van der Waals surface area contributed by atoms with E-state index in [-0.39, 0.29) is 17.4 Å². The number of halogens is 2. The molecule has 0 saturated heterocycles. The van der Waals surface area contributed by atoms with Crippen LogP contribution in [0.3, 0.4) is 0 Å². The standard InChI is InChI=1S/C13H10Cl2N2O3/c1-8-6-10(17(18)19)3-4-11(8)20-7-9-2-5-12(14)16-13(9)15/h2-6H,7H2,1H3. The first-order valence-electron chi connectivity index (χ1n) is 5.66. The maximum atomic E-state index is 10.6. The number of nitro benzene ring substituents is 1. The number of pyridine rings is 1. The van der Waals surface area contributed by atoms with E-state index in [9.17, 15) is 10.1 Å². The van der Waals surface area contributed by atoms with Crippen LogP contribution < -0.4 is 4.74 Å². The second kappa shape index (κ2) is 6.07. The zero-order valence-corrected chi connectivity index (χ0v) is 12.0. The summed E-state index contributed by atoms with van der Waals surface area (Å²) in [5.74, 6) is 0.557. The van der Waals surface area contributed by atoms with Crippen LogP contribution in [0.4, 0.5) is 5.69 Å². The lowest BCUT2D eigenvalue weighted by Gasteiger charge is -2.09. The normalized spacial score (nSPS) is 10.3. The molecule has 0 unspecified atom stereocenters. The number of aromatic nitrogens is 1. The molecule has 0 saturated carbocycles. The van der Waals surface area contributed by atoms with Crippen LogP contribution in [0.1, 0.15) is 11.1 Å². The van der Waals surface area contributed by atoms with Crippen molar-refractivity contribution in [1.29, 1.82) is 0 Å². The van der Waals surface area contributed by atoms with Crippen LogP contribution in [-0.2, 0) is 6.61 Å². The molecule has 104 valence electrons. The minimum atomic E-state index is -0.448. The summed E-state index contributed by atoms with van der Waals surface area (Å²) in [6.45, 7) is 1.95. The van der Waals surface area contributed by atoms with Crippen molar-refractivity contribution < 1.29 is 9.66 Å². The Morgan fingerprint density at radius 1 is 1.30 bits per heavy atom. The second-order valence-electron chi connectivity index (χ2n) is 4.08. The number of hydrogen-bond acceptors (Lipinski definition) is 4. The number of nitro groups is 1. The molecule has 2 aromatic rings. The van der Waals surface area contributed by atoms with E-state index in [2.05, 4.69) is 4.98 Å². The Hall–Kier alpha value is -1.85. The molecule has 0 atom stereocenters. The Kier molecular flexibility index (Phi) is 4.42. The first-order valence-corrected chi connectivity index (χ1v) is 6.41. The van der Waals surface area contributed by atoms with Gasteiger partial charge in [0, 0.05) is 17.7 Å². The van der Waals surface area contributed by atoms with Crippen LogP contribution in [0.2, 0.25) is 10.3 Å². The average Bonchev–Trinajstić information content (AvgIpc) is 2.38. The van der Waals surface area contributed by atoms with E-state index in [0.29, 0.717) is 22.0 Å². The summed E-state index contributed by atoms with van der Waals surface area (Å²) in [7, 11) is 0. The predicted octanol–water partition coefficient (Wildman–Crippen LogP) is 4.18. The summed E-state index contributed by atoms with van der Waals surface area (Å²) in [6, 6.07) is 7.75. The third kappa shape index (κ3) is 3.37. The van der Waals surface area contributed by atoms with Crippen molar-refractivity contribution >= 4 is 28.9 Å². The van der Waals surface area contributed by atoms with Crippen molar-refractivity contribution in [1.82, 2.24) is 4.98 Å². The molecule has 1 aromatic carbocycles. The number of benzene rings is 1. The molecule has 5 nitrogen and oxygen atoms in total. The van der Waals surface area contributed by atoms with Crippen molar-refractivity contribution in [2.75, 3.05) is 0 Å². The van der Waals surface area contributed by atoms with Crippen LogP contribution in [0, 0.1) is 17.0 Å². The molecule has 0 aliphatic rings. The topological polar surface area (TPSA) is 65.3 Å². The van der Waals surface area contributed by atoms with Crippen molar-refractivity contribution in [3.8, 4) is 5.75 Å². The van der Waals surface area contributed by atoms with Crippen LogP contribution in [0.5, 0.6) is 5.75 Å². The SMILES string of the molecule is Cc1cc([N+](=O)[O-])ccc1OCc1ccc(Cl)nc1Cl. The first-order chi connectivity index (χ1) is 9.47. The third-order valence-corrected chi connectivity index (χ3v) is 3.18. The van der Waals surface area contributed by atoms with Gasteiger partial charge in [0.2, 0.25) is 0 Å². The van der Waals surface area contributed by atoms with E-state index in [4.69, 9.17) is 27.9 Å². The predicted molar refractivity (Wildman–Crippen MR) is 76.4 cm³/mol. The first kappa shape index (κ1) is 14.6. The van der Waals surface area contributed by atoms with Gasteiger partial charge in [0.05, 0.1) is 4.92 Å². The molecular formula is C13H10Cl2N2O3. The van der Waals surface area contributed by atoms with Gasteiger partial charge in [0.25, 0.3) is 5.69 Å². The minimum absolute atomic E-state index is 0.0287. The molecule has 0 amide bonds. The number of nitrogens with zero attached hydrogens (tertiary/aromatic N) is 2. The second-order valence-corrected chi connectivity index (χ2v) is 4.82. The van der Waals surface area contributed by atoms with Gasteiger partial charge in [-0.1, -0.05) is 23.2 Å². The fourth-order valence-corrected chi connectivity index (χ4v) is 2.01. The van der Waals surface area contributed by atoms with E-state index < -0.39 is 4.92 Å². The highest BCUT2D eigenvalue weighted by Gasteiger charge is 2.10. The summed E-state index contributed by atoms with van der Waals surface area (Å²) in [5.41, 5.74) is 1.40. The molecule has 0 spiro atoms. The van der Waals surface area contributed by atoms with Crippen LogP contribution >= 0.6 is 23.2 Å². The largest absolute Gasteiger partial charge is 0.489 e. The van der Waals surface area contributed by atoms with Crippen LogP contribution in [0.25, 0.3) is 0 Å². The van der Waals surface area contributed by atoms with Gasteiger partial charge in [0.15, 0.2) is 0 Å². The number of non-ortho nitro benzene ring substituents is 1.